The topological polar surface area (TPSA) is 49.5 Å². The molecule has 0 spiro atoms. The summed E-state index contributed by atoms with van der Waals surface area (Å²) in [5.74, 6) is 0.419. The zero-order chi connectivity index (χ0) is 11.1. The van der Waals surface area contributed by atoms with Crippen molar-refractivity contribution in [3.63, 3.8) is 0 Å². The van der Waals surface area contributed by atoms with Gasteiger partial charge in [0.05, 0.1) is 5.69 Å². The molecule has 2 atom stereocenters. The van der Waals surface area contributed by atoms with Crippen LogP contribution in [0.4, 0.5) is 5.69 Å². The number of hydrogen-bond acceptors (Lipinski definition) is 3. The van der Waals surface area contributed by atoms with Crippen LogP contribution in [0, 0.1) is 0 Å². The molecule has 0 aliphatic carbocycles. The first-order chi connectivity index (χ1) is 7.81. The van der Waals surface area contributed by atoms with E-state index in [1.54, 1.807) is 6.07 Å². The molecule has 0 bridgehead atoms. The van der Waals surface area contributed by atoms with Crippen LogP contribution >= 0.6 is 0 Å². The minimum absolute atomic E-state index is 0.414. The van der Waals surface area contributed by atoms with Crippen LogP contribution in [0.15, 0.2) is 18.2 Å². The molecule has 3 rings (SSSR count). The van der Waals surface area contributed by atoms with E-state index < -0.39 is 0 Å². The van der Waals surface area contributed by atoms with E-state index in [1.807, 2.05) is 6.07 Å². The minimum Gasteiger partial charge on any atom is -0.506 e. The van der Waals surface area contributed by atoms with Gasteiger partial charge in [-0.1, -0.05) is 12.1 Å². The molecule has 86 valence electrons. The number of phenols is 1. The lowest BCUT2D eigenvalue weighted by molar-refractivity contribution is 0.462. The maximum atomic E-state index is 10.0. The van der Waals surface area contributed by atoms with Crippen LogP contribution in [0.25, 0.3) is 0 Å². The first-order valence-corrected chi connectivity index (χ1v) is 6.10. The SMILES string of the molecule is NCC1CCC2CCc3cccc(O)c3N12. The third-order valence-corrected chi connectivity index (χ3v) is 4.00. The van der Waals surface area contributed by atoms with Gasteiger partial charge in [0.2, 0.25) is 0 Å². The van der Waals surface area contributed by atoms with Crippen molar-refractivity contribution in [2.75, 3.05) is 11.4 Å². The van der Waals surface area contributed by atoms with Crippen molar-refractivity contribution in [2.45, 2.75) is 37.8 Å². The number of para-hydroxylation sites is 1. The van der Waals surface area contributed by atoms with Gasteiger partial charge in [-0.05, 0) is 37.3 Å². The number of nitrogens with two attached hydrogens (primary N) is 1. The Morgan fingerprint density at radius 1 is 1.31 bits per heavy atom. The number of fused-ring (bicyclic) bond motifs is 3. The molecular weight excluding hydrogens is 200 g/mol. The van der Waals surface area contributed by atoms with E-state index in [1.165, 1.54) is 18.4 Å². The van der Waals surface area contributed by atoms with E-state index in [2.05, 4.69) is 11.0 Å². The van der Waals surface area contributed by atoms with Crippen LogP contribution in [0.2, 0.25) is 0 Å². The monoisotopic (exact) mass is 218 g/mol. The maximum Gasteiger partial charge on any atom is 0.139 e. The van der Waals surface area contributed by atoms with Crippen molar-refractivity contribution in [3.05, 3.63) is 23.8 Å². The van der Waals surface area contributed by atoms with E-state index >= 15 is 0 Å². The molecule has 0 amide bonds. The van der Waals surface area contributed by atoms with Crippen LogP contribution in [-0.4, -0.2) is 23.7 Å². The maximum absolute atomic E-state index is 10.0. The third kappa shape index (κ3) is 1.31. The average Bonchev–Trinajstić information content (AvgIpc) is 2.72. The Morgan fingerprint density at radius 3 is 3.00 bits per heavy atom. The van der Waals surface area contributed by atoms with Gasteiger partial charge in [-0.2, -0.15) is 0 Å². The number of aromatic hydroxyl groups is 1. The second-order valence-corrected chi connectivity index (χ2v) is 4.85. The fraction of sp³-hybridized carbons (Fsp3) is 0.538. The first kappa shape index (κ1) is 9.97. The Balaban J connectivity index is 2.08. The summed E-state index contributed by atoms with van der Waals surface area (Å²) in [5, 5.41) is 10.0. The molecule has 0 radical (unpaired) electrons. The highest BCUT2D eigenvalue weighted by Crippen LogP contribution is 2.43. The van der Waals surface area contributed by atoms with Crippen LogP contribution in [0.3, 0.4) is 0 Å². The van der Waals surface area contributed by atoms with Gasteiger partial charge in [-0.25, -0.2) is 0 Å². The van der Waals surface area contributed by atoms with E-state index in [9.17, 15) is 5.11 Å². The summed E-state index contributed by atoms with van der Waals surface area (Å²) in [5.41, 5.74) is 8.15. The molecule has 2 aliphatic heterocycles. The smallest absolute Gasteiger partial charge is 0.139 e. The summed E-state index contributed by atoms with van der Waals surface area (Å²) >= 11 is 0. The highest BCUT2D eigenvalue weighted by Gasteiger charge is 2.37. The number of nitrogens with zero attached hydrogens (tertiary/aromatic N) is 1. The molecule has 2 unspecified atom stereocenters. The largest absolute Gasteiger partial charge is 0.506 e. The summed E-state index contributed by atoms with van der Waals surface area (Å²) in [4.78, 5) is 2.37. The van der Waals surface area contributed by atoms with Gasteiger partial charge < -0.3 is 15.7 Å². The Morgan fingerprint density at radius 2 is 2.19 bits per heavy atom. The Labute approximate surface area is 95.9 Å². The molecule has 0 saturated carbocycles. The zero-order valence-corrected chi connectivity index (χ0v) is 9.39. The van der Waals surface area contributed by atoms with Crippen molar-refractivity contribution < 1.29 is 5.11 Å². The van der Waals surface area contributed by atoms with Gasteiger partial charge in [0, 0.05) is 18.6 Å². The molecule has 1 aromatic carbocycles. The molecular formula is C13H18N2O. The summed E-state index contributed by atoms with van der Waals surface area (Å²) in [6.07, 6.45) is 4.67. The third-order valence-electron chi connectivity index (χ3n) is 4.00. The second kappa shape index (κ2) is 3.67. The number of hydrogen-bond donors (Lipinski definition) is 2. The number of phenolic OH excluding ortho intramolecular Hbond substituents is 1. The van der Waals surface area contributed by atoms with Crippen molar-refractivity contribution in [3.8, 4) is 5.75 Å². The van der Waals surface area contributed by atoms with E-state index in [0.29, 0.717) is 24.4 Å². The highest BCUT2D eigenvalue weighted by molar-refractivity contribution is 5.66. The fourth-order valence-corrected chi connectivity index (χ4v) is 3.24. The molecule has 1 saturated heterocycles. The Bertz CT molecular complexity index is 405. The molecule has 2 aliphatic rings. The predicted octanol–water partition coefficient (Wildman–Crippen LogP) is 1.63. The number of aryl methyl sites for hydroxylation is 1. The van der Waals surface area contributed by atoms with Gasteiger partial charge in [0.15, 0.2) is 0 Å². The van der Waals surface area contributed by atoms with Gasteiger partial charge in [0.1, 0.15) is 5.75 Å². The molecule has 3 nitrogen and oxygen atoms in total. The zero-order valence-electron chi connectivity index (χ0n) is 9.39. The highest BCUT2D eigenvalue weighted by atomic mass is 16.3. The Hall–Kier alpha value is -1.22. The molecule has 1 aromatic rings. The summed E-state index contributed by atoms with van der Waals surface area (Å²) in [7, 11) is 0. The van der Waals surface area contributed by atoms with Crippen molar-refractivity contribution >= 4 is 5.69 Å². The van der Waals surface area contributed by atoms with Crippen LogP contribution < -0.4 is 10.6 Å². The van der Waals surface area contributed by atoms with E-state index in [4.69, 9.17) is 5.73 Å². The van der Waals surface area contributed by atoms with Crippen molar-refractivity contribution in [1.29, 1.82) is 0 Å². The number of anilines is 1. The van der Waals surface area contributed by atoms with Gasteiger partial charge >= 0.3 is 0 Å². The lowest BCUT2D eigenvalue weighted by Crippen LogP contribution is -2.43. The van der Waals surface area contributed by atoms with Crippen molar-refractivity contribution in [2.24, 2.45) is 5.73 Å². The predicted molar refractivity (Wildman–Crippen MR) is 64.8 cm³/mol. The van der Waals surface area contributed by atoms with Crippen LogP contribution in [0.5, 0.6) is 5.75 Å². The summed E-state index contributed by atoms with van der Waals surface area (Å²) in [6.45, 7) is 0.685. The van der Waals surface area contributed by atoms with Crippen molar-refractivity contribution in [1.82, 2.24) is 0 Å². The van der Waals surface area contributed by atoms with E-state index in [0.717, 1.165) is 18.5 Å². The average molecular weight is 218 g/mol. The molecule has 3 heteroatoms. The number of benzene rings is 1. The van der Waals surface area contributed by atoms with Crippen LogP contribution in [-0.2, 0) is 6.42 Å². The normalized spacial score (nSPS) is 27.7. The first-order valence-electron chi connectivity index (χ1n) is 6.10. The minimum atomic E-state index is 0.414. The molecule has 1 fully saturated rings. The molecule has 0 aromatic heterocycles. The lowest BCUT2D eigenvalue weighted by atomic mass is 9.96. The molecule has 16 heavy (non-hydrogen) atoms. The van der Waals surface area contributed by atoms with Crippen LogP contribution in [0.1, 0.15) is 24.8 Å². The summed E-state index contributed by atoms with van der Waals surface area (Å²) in [6, 6.07) is 6.85. The molecule has 3 N–H and O–H groups in total. The second-order valence-electron chi connectivity index (χ2n) is 4.85. The Kier molecular flexibility index (Phi) is 2.28. The van der Waals surface area contributed by atoms with Gasteiger partial charge in [0.25, 0.3) is 0 Å². The fourth-order valence-electron chi connectivity index (χ4n) is 3.24. The lowest BCUT2D eigenvalue weighted by Gasteiger charge is -2.37. The van der Waals surface area contributed by atoms with Gasteiger partial charge in [-0.15, -0.1) is 0 Å². The standard InChI is InChI=1S/C13H18N2O/c14-8-11-7-6-10-5-4-9-2-1-3-12(16)13(9)15(10)11/h1-3,10-11,16H,4-8,14H2. The molecule has 2 heterocycles. The summed E-state index contributed by atoms with van der Waals surface area (Å²) < 4.78 is 0. The number of rotatable bonds is 1. The van der Waals surface area contributed by atoms with Gasteiger partial charge in [-0.3, -0.25) is 0 Å². The quantitative estimate of drug-likeness (QED) is 0.753. The van der Waals surface area contributed by atoms with E-state index in [-0.39, 0.29) is 0 Å².